The molecule has 1 amide bonds. The molecule has 0 fully saturated rings. The Kier molecular flexibility index (Phi) is 4.39. The molecule has 0 aliphatic rings. The molecule has 0 aromatic carbocycles. The first-order chi connectivity index (χ1) is 11.9. The summed E-state index contributed by atoms with van der Waals surface area (Å²) in [6, 6.07) is 3.67. The summed E-state index contributed by atoms with van der Waals surface area (Å²) in [7, 11) is 1.80. The lowest BCUT2D eigenvalue weighted by atomic mass is 10.0. The van der Waals surface area contributed by atoms with Gasteiger partial charge in [-0.15, -0.1) is 0 Å². The quantitative estimate of drug-likeness (QED) is 0.762. The SMILES string of the molecule is Cc1ccnc(NC(=O)CCc2c(C)c3c(C)nn(C)c3[nH]c2=O)c1. The molecule has 3 aromatic heterocycles. The number of hydrogen-bond donors (Lipinski definition) is 2. The van der Waals surface area contributed by atoms with Crippen molar-refractivity contribution < 1.29 is 4.79 Å². The van der Waals surface area contributed by atoms with Gasteiger partial charge in [0, 0.05) is 30.6 Å². The van der Waals surface area contributed by atoms with Crippen molar-refractivity contribution in [2.24, 2.45) is 7.05 Å². The predicted octanol–water partition coefficient (Wildman–Crippen LogP) is 2.15. The number of anilines is 1. The fraction of sp³-hybridized carbons (Fsp3) is 0.333. The Morgan fingerprint density at radius 3 is 2.80 bits per heavy atom. The van der Waals surface area contributed by atoms with E-state index >= 15 is 0 Å². The summed E-state index contributed by atoms with van der Waals surface area (Å²) in [6.07, 6.45) is 2.23. The molecule has 7 heteroatoms. The molecule has 0 atom stereocenters. The largest absolute Gasteiger partial charge is 0.311 e. The van der Waals surface area contributed by atoms with E-state index in [1.54, 1.807) is 24.0 Å². The van der Waals surface area contributed by atoms with E-state index in [1.807, 2.05) is 26.8 Å². The summed E-state index contributed by atoms with van der Waals surface area (Å²) < 4.78 is 1.67. The van der Waals surface area contributed by atoms with Crippen molar-refractivity contribution >= 4 is 22.8 Å². The summed E-state index contributed by atoms with van der Waals surface area (Å²) in [5.41, 5.74) is 3.92. The molecule has 130 valence electrons. The minimum absolute atomic E-state index is 0.167. The van der Waals surface area contributed by atoms with Crippen molar-refractivity contribution in [3.8, 4) is 0 Å². The average molecular weight is 339 g/mol. The number of nitrogens with zero attached hydrogens (tertiary/aromatic N) is 3. The molecule has 0 unspecified atom stereocenters. The Morgan fingerprint density at radius 2 is 2.08 bits per heavy atom. The smallest absolute Gasteiger partial charge is 0.253 e. The van der Waals surface area contributed by atoms with E-state index in [2.05, 4.69) is 20.4 Å². The van der Waals surface area contributed by atoms with Crippen LogP contribution in [0.1, 0.15) is 28.8 Å². The third kappa shape index (κ3) is 3.31. The van der Waals surface area contributed by atoms with Crippen molar-refractivity contribution in [1.29, 1.82) is 0 Å². The first-order valence-electron chi connectivity index (χ1n) is 8.14. The number of rotatable bonds is 4. The lowest BCUT2D eigenvalue weighted by Crippen LogP contribution is -2.19. The van der Waals surface area contributed by atoms with Gasteiger partial charge in [-0.05, 0) is 50.5 Å². The molecule has 2 N–H and O–H groups in total. The molecule has 0 saturated heterocycles. The van der Waals surface area contributed by atoms with Crippen molar-refractivity contribution in [3.63, 3.8) is 0 Å². The van der Waals surface area contributed by atoms with Gasteiger partial charge < -0.3 is 10.3 Å². The summed E-state index contributed by atoms with van der Waals surface area (Å²) in [5, 5.41) is 8.06. The Morgan fingerprint density at radius 1 is 1.32 bits per heavy atom. The van der Waals surface area contributed by atoms with Crippen molar-refractivity contribution in [2.45, 2.75) is 33.6 Å². The first kappa shape index (κ1) is 16.9. The highest BCUT2D eigenvalue weighted by atomic mass is 16.1. The predicted molar refractivity (Wildman–Crippen MR) is 96.7 cm³/mol. The maximum absolute atomic E-state index is 12.4. The van der Waals surface area contributed by atoms with Crippen LogP contribution in [-0.4, -0.2) is 25.7 Å². The van der Waals surface area contributed by atoms with E-state index in [1.165, 1.54) is 0 Å². The van der Waals surface area contributed by atoms with E-state index < -0.39 is 0 Å². The van der Waals surface area contributed by atoms with Crippen molar-refractivity contribution in [2.75, 3.05) is 5.32 Å². The molecule has 0 aliphatic carbocycles. The fourth-order valence-electron chi connectivity index (χ4n) is 3.10. The first-order valence-corrected chi connectivity index (χ1v) is 8.14. The maximum Gasteiger partial charge on any atom is 0.253 e. The van der Waals surface area contributed by atoms with Crippen molar-refractivity contribution in [1.82, 2.24) is 19.7 Å². The highest BCUT2D eigenvalue weighted by Crippen LogP contribution is 2.21. The number of fused-ring (bicyclic) bond motifs is 1. The van der Waals surface area contributed by atoms with Crippen LogP contribution in [0.5, 0.6) is 0 Å². The minimum atomic E-state index is -0.172. The van der Waals surface area contributed by atoms with Gasteiger partial charge in [0.05, 0.1) is 5.69 Å². The summed E-state index contributed by atoms with van der Waals surface area (Å²) in [5.74, 6) is 0.356. The zero-order valence-corrected chi connectivity index (χ0v) is 14.8. The second-order valence-corrected chi connectivity index (χ2v) is 6.26. The molecule has 0 saturated carbocycles. The number of nitrogens with one attached hydrogen (secondary N) is 2. The van der Waals surface area contributed by atoms with Crippen LogP contribution in [0, 0.1) is 20.8 Å². The number of H-pyrrole nitrogens is 1. The summed E-state index contributed by atoms with van der Waals surface area (Å²) in [6.45, 7) is 5.75. The molecular weight excluding hydrogens is 318 g/mol. The lowest BCUT2D eigenvalue weighted by molar-refractivity contribution is -0.116. The Balaban J connectivity index is 1.80. The van der Waals surface area contributed by atoms with Gasteiger partial charge in [-0.25, -0.2) is 4.98 Å². The van der Waals surface area contributed by atoms with Crippen LogP contribution in [0.2, 0.25) is 0 Å². The summed E-state index contributed by atoms with van der Waals surface area (Å²) in [4.78, 5) is 31.5. The molecule has 0 bridgehead atoms. The summed E-state index contributed by atoms with van der Waals surface area (Å²) >= 11 is 0. The van der Waals surface area contributed by atoms with Crippen LogP contribution in [-0.2, 0) is 18.3 Å². The highest BCUT2D eigenvalue weighted by molar-refractivity contribution is 5.90. The Hall–Kier alpha value is -2.96. The van der Waals surface area contributed by atoms with E-state index in [0.717, 1.165) is 22.2 Å². The van der Waals surface area contributed by atoms with Gasteiger partial charge in [-0.2, -0.15) is 5.10 Å². The zero-order valence-electron chi connectivity index (χ0n) is 14.8. The second-order valence-electron chi connectivity index (χ2n) is 6.26. The van der Waals surface area contributed by atoms with Gasteiger partial charge in [0.15, 0.2) is 0 Å². The molecule has 0 aliphatic heterocycles. The molecule has 7 nitrogen and oxygen atoms in total. The highest BCUT2D eigenvalue weighted by Gasteiger charge is 2.16. The van der Waals surface area contributed by atoms with Gasteiger partial charge in [0.2, 0.25) is 5.91 Å². The van der Waals surface area contributed by atoms with Crippen LogP contribution in [0.15, 0.2) is 23.1 Å². The van der Waals surface area contributed by atoms with E-state index in [-0.39, 0.29) is 17.9 Å². The molecular formula is C18H21N5O2. The molecule has 3 heterocycles. The van der Waals surface area contributed by atoms with Gasteiger partial charge in [0.1, 0.15) is 11.5 Å². The van der Waals surface area contributed by atoms with Crippen LogP contribution in [0.3, 0.4) is 0 Å². The number of amides is 1. The third-order valence-electron chi connectivity index (χ3n) is 4.34. The normalized spacial score (nSPS) is 11.0. The molecule has 0 radical (unpaired) electrons. The Labute approximate surface area is 145 Å². The number of aryl methyl sites for hydroxylation is 4. The van der Waals surface area contributed by atoms with Gasteiger partial charge in [0.25, 0.3) is 5.56 Å². The average Bonchev–Trinajstić information content (AvgIpc) is 2.81. The second kappa shape index (κ2) is 6.51. The fourth-order valence-corrected chi connectivity index (χ4v) is 3.10. The van der Waals surface area contributed by atoms with Gasteiger partial charge in [-0.1, -0.05) is 0 Å². The van der Waals surface area contributed by atoms with Crippen LogP contribution >= 0.6 is 0 Å². The number of aromatic nitrogens is 4. The molecule has 3 aromatic rings. The van der Waals surface area contributed by atoms with Crippen LogP contribution in [0.4, 0.5) is 5.82 Å². The number of aromatic amines is 1. The van der Waals surface area contributed by atoms with Gasteiger partial charge in [-0.3, -0.25) is 14.3 Å². The topological polar surface area (TPSA) is 92.7 Å². The van der Waals surface area contributed by atoms with Crippen LogP contribution in [0.25, 0.3) is 11.0 Å². The lowest BCUT2D eigenvalue weighted by Gasteiger charge is -2.08. The van der Waals surface area contributed by atoms with E-state index in [0.29, 0.717) is 23.4 Å². The standard InChI is InChI=1S/C18H21N5O2/c1-10-7-8-19-14(9-10)20-15(24)6-5-13-11(2)16-12(3)22-23(4)17(16)21-18(13)25/h7-9H,5-6H2,1-4H3,(H,21,25)(H,19,20,24). The zero-order chi connectivity index (χ0) is 18.1. The van der Waals surface area contributed by atoms with Crippen LogP contribution < -0.4 is 10.9 Å². The maximum atomic E-state index is 12.4. The number of carbonyl (C=O) groups excluding carboxylic acids is 1. The monoisotopic (exact) mass is 339 g/mol. The van der Waals surface area contributed by atoms with E-state index in [4.69, 9.17) is 0 Å². The minimum Gasteiger partial charge on any atom is -0.311 e. The molecule has 0 spiro atoms. The third-order valence-corrected chi connectivity index (χ3v) is 4.34. The van der Waals surface area contributed by atoms with E-state index in [9.17, 15) is 9.59 Å². The number of carbonyl (C=O) groups is 1. The molecule has 3 rings (SSSR count). The number of pyridine rings is 2. The molecule has 25 heavy (non-hydrogen) atoms. The van der Waals surface area contributed by atoms with Gasteiger partial charge >= 0.3 is 0 Å². The van der Waals surface area contributed by atoms with Crippen molar-refractivity contribution in [3.05, 3.63) is 51.1 Å². The Bertz CT molecular complexity index is 1020. The number of hydrogen-bond acceptors (Lipinski definition) is 4.